The van der Waals surface area contributed by atoms with E-state index in [0.717, 1.165) is 11.1 Å². The van der Waals surface area contributed by atoms with Gasteiger partial charge < -0.3 is 14.8 Å². The van der Waals surface area contributed by atoms with Crippen molar-refractivity contribution < 1.29 is 14.6 Å². The lowest BCUT2D eigenvalue weighted by Crippen LogP contribution is -2.00. The van der Waals surface area contributed by atoms with Crippen molar-refractivity contribution in [1.29, 1.82) is 0 Å². The fraction of sp³-hybridized carbons (Fsp3) is 0.385. The zero-order chi connectivity index (χ0) is 12.7. The number of rotatable bonds is 4. The third-order valence-corrected chi connectivity index (χ3v) is 3.27. The van der Waals surface area contributed by atoms with E-state index in [4.69, 9.17) is 9.84 Å². The maximum absolute atomic E-state index is 10.8. The number of carboxylic acid groups (broad SMARTS) is 1. The topological polar surface area (TPSA) is 75.2 Å². The fourth-order valence-electron chi connectivity index (χ4n) is 2.25. The summed E-state index contributed by atoms with van der Waals surface area (Å²) in [7, 11) is 1.60. The van der Waals surface area contributed by atoms with Crippen LogP contribution in [0.1, 0.15) is 29.9 Å². The Balaban J connectivity index is 2.11. The summed E-state index contributed by atoms with van der Waals surface area (Å²) < 4.78 is 5.31. The number of H-pyrrole nitrogens is 1. The van der Waals surface area contributed by atoms with Gasteiger partial charge in [0.15, 0.2) is 0 Å². The van der Waals surface area contributed by atoms with Gasteiger partial charge in [-0.2, -0.15) is 0 Å². The van der Waals surface area contributed by atoms with E-state index < -0.39 is 5.97 Å². The average molecular weight is 246 g/mol. The number of nitrogens with one attached hydrogen (secondary N) is 1. The molecule has 1 aliphatic carbocycles. The van der Waals surface area contributed by atoms with Crippen molar-refractivity contribution in [1.82, 2.24) is 9.97 Å². The minimum absolute atomic E-state index is 0.0288. The minimum atomic E-state index is -0.858. The number of hydrogen-bond donors (Lipinski definition) is 2. The summed E-state index contributed by atoms with van der Waals surface area (Å²) in [6.45, 7) is 0. The molecule has 1 aliphatic rings. The molecular formula is C13H14N2O3. The molecule has 0 aliphatic heterocycles. The van der Waals surface area contributed by atoms with E-state index in [1.165, 1.54) is 12.8 Å². The molecule has 1 fully saturated rings. The molecule has 2 aromatic rings. The first-order valence-electron chi connectivity index (χ1n) is 5.95. The van der Waals surface area contributed by atoms with E-state index in [2.05, 4.69) is 9.97 Å². The number of nitrogens with zero attached hydrogens (tertiary/aromatic N) is 1. The second kappa shape index (κ2) is 4.01. The molecule has 2 N–H and O–H groups in total. The summed E-state index contributed by atoms with van der Waals surface area (Å²) in [5.41, 5.74) is 3.39. The SMILES string of the molecule is COc1nc2c(CC(=O)O)c[nH]c2cc1C1CC1. The number of aliphatic carboxylic acids is 1. The molecule has 0 bridgehead atoms. The predicted molar refractivity (Wildman–Crippen MR) is 66.0 cm³/mol. The largest absolute Gasteiger partial charge is 0.481 e. The quantitative estimate of drug-likeness (QED) is 0.866. The second-order valence-corrected chi connectivity index (χ2v) is 4.64. The Kier molecular flexibility index (Phi) is 2.47. The zero-order valence-electron chi connectivity index (χ0n) is 10.1. The van der Waals surface area contributed by atoms with Crippen LogP contribution in [0, 0.1) is 0 Å². The van der Waals surface area contributed by atoms with Gasteiger partial charge in [0, 0.05) is 17.3 Å². The molecule has 0 radical (unpaired) electrons. The summed E-state index contributed by atoms with van der Waals surface area (Å²) in [6.07, 6.45) is 4.03. The van der Waals surface area contributed by atoms with Gasteiger partial charge in [-0.15, -0.1) is 0 Å². The normalized spacial score (nSPS) is 14.9. The molecule has 0 amide bonds. The molecule has 2 heterocycles. The van der Waals surface area contributed by atoms with Gasteiger partial charge in [0.1, 0.15) is 0 Å². The number of aromatic amines is 1. The number of ether oxygens (including phenoxy) is 1. The van der Waals surface area contributed by atoms with Crippen LogP contribution in [0.3, 0.4) is 0 Å². The first kappa shape index (κ1) is 11.1. The van der Waals surface area contributed by atoms with Crippen LogP contribution in [0.25, 0.3) is 11.0 Å². The van der Waals surface area contributed by atoms with Crippen LogP contribution in [0.4, 0.5) is 0 Å². The van der Waals surface area contributed by atoms with Crippen LogP contribution in [0.2, 0.25) is 0 Å². The molecule has 0 aromatic carbocycles. The van der Waals surface area contributed by atoms with Crippen LogP contribution >= 0.6 is 0 Å². The lowest BCUT2D eigenvalue weighted by Gasteiger charge is -2.06. The van der Waals surface area contributed by atoms with E-state index in [1.807, 2.05) is 6.07 Å². The fourth-order valence-corrected chi connectivity index (χ4v) is 2.25. The van der Waals surface area contributed by atoms with Crippen LogP contribution in [0.5, 0.6) is 5.88 Å². The van der Waals surface area contributed by atoms with E-state index in [9.17, 15) is 4.79 Å². The van der Waals surface area contributed by atoms with Gasteiger partial charge >= 0.3 is 5.97 Å². The van der Waals surface area contributed by atoms with Gasteiger partial charge in [-0.1, -0.05) is 0 Å². The maximum Gasteiger partial charge on any atom is 0.307 e. The Morgan fingerprint density at radius 3 is 3.00 bits per heavy atom. The summed E-state index contributed by atoms with van der Waals surface area (Å²) >= 11 is 0. The Hall–Kier alpha value is -2.04. The molecule has 94 valence electrons. The van der Waals surface area contributed by atoms with Crippen molar-refractivity contribution >= 4 is 17.0 Å². The first-order valence-corrected chi connectivity index (χ1v) is 5.95. The van der Waals surface area contributed by atoms with Gasteiger partial charge in [-0.25, -0.2) is 4.98 Å². The van der Waals surface area contributed by atoms with Crippen molar-refractivity contribution in [3.63, 3.8) is 0 Å². The minimum Gasteiger partial charge on any atom is -0.481 e. The summed E-state index contributed by atoms with van der Waals surface area (Å²) in [4.78, 5) is 18.3. The molecule has 5 heteroatoms. The monoisotopic (exact) mass is 246 g/mol. The van der Waals surface area contributed by atoms with E-state index >= 15 is 0 Å². The van der Waals surface area contributed by atoms with Crippen molar-refractivity contribution in [3.05, 3.63) is 23.4 Å². The number of pyridine rings is 1. The highest BCUT2D eigenvalue weighted by Gasteiger charge is 2.28. The van der Waals surface area contributed by atoms with E-state index in [-0.39, 0.29) is 6.42 Å². The lowest BCUT2D eigenvalue weighted by atomic mass is 10.1. The molecular weight excluding hydrogens is 232 g/mol. The van der Waals surface area contributed by atoms with Gasteiger partial charge in [0.25, 0.3) is 0 Å². The smallest absolute Gasteiger partial charge is 0.307 e. The van der Waals surface area contributed by atoms with Gasteiger partial charge in [0.05, 0.1) is 24.6 Å². The van der Waals surface area contributed by atoms with E-state index in [1.54, 1.807) is 13.3 Å². The highest BCUT2D eigenvalue weighted by Crippen LogP contribution is 2.44. The number of carbonyl (C=O) groups is 1. The number of hydrogen-bond acceptors (Lipinski definition) is 3. The lowest BCUT2D eigenvalue weighted by molar-refractivity contribution is -0.136. The Morgan fingerprint density at radius 2 is 2.39 bits per heavy atom. The van der Waals surface area contributed by atoms with Crippen molar-refractivity contribution in [2.75, 3.05) is 7.11 Å². The molecule has 0 spiro atoms. The summed E-state index contributed by atoms with van der Waals surface area (Å²) in [5.74, 6) is 0.308. The molecule has 2 aromatic heterocycles. The molecule has 3 rings (SSSR count). The maximum atomic E-state index is 10.8. The number of carboxylic acids is 1. The number of aromatic nitrogens is 2. The Labute approximate surface area is 104 Å². The predicted octanol–water partition coefficient (Wildman–Crippen LogP) is 2.08. The molecule has 1 saturated carbocycles. The molecule has 0 saturated heterocycles. The zero-order valence-corrected chi connectivity index (χ0v) is 10.1. The summed E-state index contributed by atoms with van der Waals surface area (Å²) in [5, 5.41) is 8.85. The number of fused-ring (bicyclic) bond motifs is 1. The van der Waals surface area contributed by atoms with E-state index in [0.29, 0.717) is 22.9 Å². The van der Waals surface area contributed by atoms with Crippen LogP contribution in [-0.2, 0) is 11.2 Å². The first-order chi connectivity index (χ1) is 8.69. The van der Waals surface area contributed by atoms with Crippen molar-refractivity contribution in [2.24, 2.45) is 0 Å². The van der Waals surface area contributed by atoms with Crippen LogP contribution < -0.4 is 4.74 Å². The van der Waals surface area contributed by atoms with Gasteiger partial charge in [-0.05, 0) is 24.8 Å². The third-order valence-electron chi connectivity index (χ3n) is 3.27. The average Bonchev–Trinajstić information content (AvgIpc) is 3.12. The Morgan fingerprint density at radius 1 is 1.61 bits per heavy atom. The summed E-state index contributed by atoms with van der Waals surface area (Å²) in [6, 6.07) is 2.03. The molecule has 5 nitrogen and oxygen atoms in total. The number of methoxy groups -OCH3 is 1. The van der Waals surface area contributed by atoms with Crippen LogP contribution in [0.15, 0.2) is 12.3 Å². The molecule has 18 heavy (non-hydrogen) atoms. The van der Waals surface area contributed by atoms with Gasteiger partial charge in [0.2, 0.25) is 5.88 Å². The van der Waals surface area contributed by atoms with Gasteiger partial charge in [-0.3, -0.25) is 4.79 Å². The van der Waals surface area contributed by atoms with Crippen molar-refractivity contribution in [2.45, 2.75) is 25.2 Å². The second-order valence-electron chi connectivity index (χ2n) is 4.64. The highest BCUT2D eigenvalue weighted by atomic mass is 16.5. The standard InChI is InChI=1S/C13H14N2O3/c1-18-13-9(7-2-3-7)5-10-12(15-13)8(6-14-10)4-11(16)17/h5-7,14H,2-4H2,1H3,(H,16,17). The van der Waals surface area contributed by atoms with Crippen molar-refractivity contribution in [3.8, 4) is 5.88 Å². The Bertz CT molecular complexity index is 614. The van der Waals surface area contributed by atoms with Crippen LogP contribution in [-0.4, -0.2) is 28.2 Å². The highest BCUT2D eigenvalue weighted by molar-refractivity contribution is 5.84. The third kappa shape index (κ3) is 1.81. The molecule has 0 unspecified atom stereocenters. The molecule has 0 atom stereocenters.